The van der Waals surface area contributed by atoms with Crippen LogP contribution in [0.4, 0.5) is 0 Å². The fraction of sp³-hybridized carbons (Fsp3) is 0.385. The lowest BCUT2D eigenvalue weighted by Crippen LogP contribution is -2.17. The number of nitrogens with zero attached hydrogens (tertiary/aromatic N) is 2. The molecule has 7 heteroatoms. The van der Waals surface area contributed by atoms with Crippen LogP contribution in [0.15, 0.2) is 34.2 Å². The van der Waals surface area contributed by atoms with Crippen molar-refractivity contribution in [3.05, 3.63) is 45.3 Å². The number of hydrogen-bond donors (Lipinski definition) is 2. The van der Waals surface area contributed by atoms with E-state index in [0.29, 0.717) is 22.8 Å². The second kappa shape index (κ2) is 5.63. The lowest BCUT2D eigenvalue weighted by molar-refractivity contribution is 0.641. The van der Waals surface area contributed by atoms with Crippen molar-refractivity contribution in [2.75, 3.05) is 6.54 Å². The van der Waals surface area contributed by atoms with E-state index >= 15 is 0 Å². The van der Waals surface area contributed by atoms with Gasteiger partial charge in [0, 0.05) is 22.9 Å². The maximum Gasteiger partial charge on any atom is 0.344 e. The fourth-order valence-corrected chi connectivity index (χ4v) is 3.30. The highest BCUT2D eigenvalue weighted by atomic mass is 35.5. The number of H-pyrrole nitrogens is 1. The van der Waals surface area contributed by atoms with Crippen LogP contribution in [0.2, 0.25) is 5.02 Å². The molecule has 3 N–H and O–H groups in total. The second-order valence-electron chi connectivity index (χ2n) is 4.81. The third-order valence-corrected chi connectivity index (χ3v) is 4.79. The van der Waals surface area contributed by atoms with Gasteiger partial charge in [0.25, 0.3) is 0 Å². The van der Waals surface area contributed by atoms with Crippen LogP contribution >= 0.6 is 23.4 Å². The number of hydrogen-bond acceptors (Lipinski definition) is 4. The van der Waals surface area contributed by atoms with E-state index in [1.807, 2.05) is 24.3 Å². The van der Waals surface area contributed by atoms with Gasteiger partial charge in [0.2, 0.25) is 0 Å². The van der Waals surface area contributed by atoms with Crippen molar-refractivity contribution >= 4 is 23.4 Å². The van der Waals surface area contributed by atoms with Crippen LogP contribution in [0.25, 0.3) is 0 Å². The zero-order valence-corrected chi connectivity index (χ0v) is 12.3. The van der Waals surface area contributed by atoms with Crippen LogP contribution < -0.4 is 11.4 Å². The fourth-order valence-electron chi connectivity index (χ4n) is 2.09. The SMILES string of the molecule is NCC(Sc1n[nH]c(=O)n1C1CC1)c1ccc(Cl)cc1. The largest absolute Gasteiger partial charge is 0.344 e. The molecule has 106 valence electrons. The third kappa shape index (κ3) is 2.77. The Labute approximate surface area is 125 Å². The third-order valence-electron chi connectivity index (χ3n) is 3.29. The van der Waals surface area contributed by atoms with Gasteiger partial charge in [0.05, 0.1) is 0 Å². The van der Waals surface area contributed by atoms with Gasteiger partial charge in [-0.3, -0.25) is 4.57 Å². The number of nitrogens with two attached hydrogens (primary N) is 1. The number of halogens is 1. The Kier molecular flexibility index (Phi) is 3.87. The Hall–Kier alpha value is -1.24. The molecule has 0 aliphatic heterocycles. The minimum atomic E-state index is -0.137. The molecule has 1 aliphatic rings. The van der Waals surface area contributed by atoms with Gasteiger partial charge in [-0.1, -0.05) is 35.5 Å². The van der Waals surface area contributed by atoms with Crippen LogP contribution in [-0.4, -0.2) is 21.3 Å². The average Bonchev–Trinajstić information content (AvgIpc) is 3.22. The van der Waals surface area contributed by atoms with E-state index in [2.05, 4.69) is 10.2 Å². The van der Waals surface area contributed by atoms with Crippen LogP contribution in [0, 0.1) is 0 Å². The molecule has 1 unspecified atom stereocenters. The van der Waals surface area contributed by atoms with Gasteiger partial charge in [0.1, 0.15) is 0 Å². The normalized spacial score (nSPS) is 16.3. The highest BCUT2D eigenvalue weighted by Gasteiger charge is 2.29. The van der Waals surface area contributed by atoms with Crippen molar-refractivity contribution in [1.29, 1.82) is 0 Å². The smallest absolute Gasteiger partial charge is 0.329 e. The summed E-state index contributed by atoms with van der Waals surface area (Å²) >= 11 is 7.41. The number of benzene rings is 1. The van der Waals surface area contributed by atoms with Gasteiger partial charge in [-0.25, -0.2) is 9.89 Å². The van der Waals surface area contributed by atoms with E-state index in [4.69, 9.17) is 17.3 Å². The molecule has 1 aliphatic carbocycles. The Balaban J connectivity index is 1.84. The molecule has 2 aromatic rings. The van der Waals surface area contributed by atoms with E-state index < -0.39 is 0 Å². The number of aromatic amines is 1. The monoisotopic (exact) mass is 310 g/mol. The summed E-state index contributed by atoms with van der Waals surface area (Å²) in [6.07, 6.45) is 2.09. The average molecular weight is 311 g/mol. The van der Waals surface area contributed by atoms with Gasteiger partial charge in [-0.2, -0.15) is 0 Å². The Morgan fingerprint density at radius 1 is 1.45 bits per heavy atom. The number of thioether (sulfide) groups is 1. The first-order valence-corrected chi connectivity index (χ1v) is 7.74. The summed E-state index contributed by atoms with van der Waals surface area (Å²) in [5.74, 6) is 0. The summed E-state index contributed by atoms with van der Waals surface area (Å²) in [5.41, 5.74) is 6.81. The van der Waals surface area contributed by atoms with Crippen LogP contribution in [-0.2, 0) is 0 Å². The molecule has 1 saturated carbocycles. The Bertz CT molecular complexity index is 647. The molecule has 0 bridgehead atoms. The Morgan fingerprint density at radius 2 is 2.15 bits per heavy atom. The molecule has 20 heavy (non-hydrogen) atoms. The van der Waals surface area contributed by atoms with Crippen molar-refractivity contribution in [3.63, 3.8) is 0 Å². The summed E-state index contributed by atoms with van der Waals surface area (Å²) in [6, 6.07) is 7.91. The molecule has 1 aromatic heterocycles. The topological polar surface area (TPSA) is 76.7 Å². The van der Waals surface area contributed by atoms with Crippen molar-refractivity contribution < 1.29 is 0 Å². The molecule has 3 rings (SSSR count). The van der Waals surface area contributed by atoms with Crippen molar-refractivity contribution in [2.45, 2.75) is 29.3 Å². The summed E-state index contributed by atoms with van der Waals surface area (Å²) < 4.78 is 1.74. The quantitative estimate of drug-likeness (QED) is 0.831. The zero-order valence-electron chi connectivity index (χ0n) is 10.8. The first-order valence-electron chi connectivity index (χ1n) is 6.48. The lowest BCUT2D eigenvalue weighted by atomic mass is 10.1. The highest BCUT2D eigenvalue weighted by molar-refractivity contribution is 7.99. The molecule has 1 aromatic carbocycles. The first kappa shape index (κ1) is 13.7. The molecule has 0 radical (unpaired) electrons. The van der Waals surface area contributed by atoms with Crippen molar-refractivity contribution in [1.82, 2.24) is 14.8 Å². The summed E-state index contributed by atoms with van der Waals surface area (Å²) in [6.45, 7) is 0.470. The molecule has 0 spiro atoms. The highest BCUT2D eigenvalue weighted by Crippen LogP contribution is 2.39. The minimum absolute atomic E-state index is 0.0555. The van der Waals surface area contributed by atoms with Crippen LogP contribution in [0.1, 0.15) is 29.7 Å². The van der Waals surface area contributed by atoms with E-state index in [-0.39, 0.29) is 10.9 Å². The summed E-state index contributed by atoms with van der Waals surface area (Å²) in [4.78, 5) is 11.8. The van der Waals surface area contributed by atoms with Gasteiger partial charge >= 0.3 is 5.69 Å². The van der Waals surface area contributed by atoms with E-state index in [9.17, 15) is 4.79 Å². The number of nitrogens with one attached hydrogen (secondary N) is 1. The molecule has 1 atom stereocenters. The molecule has 0 amide bonds. The van der Waals surface area contributed by atoms with Gasteiger partial charge in [-0.15, -0.1) is 5.10 Å². The summed E-state index contributed by atoms with van der Waals surface area (Å²) in [7, 11) is 0. The van der Waals surface area contributed by atoms with Crippen LogP contribution in [0.5, 0.6) is 0 Å². The predicted octanol–water partition coefficient (Wildman–Crippen LogP) is 2.35. The molecular weight excluding hydrogens is 296 g/mol. The molecule has 1 fully saturated rings. The Morgan fingerprint density at radius 3 is 2.75 bits per heavy atom. The lowest BCUT2D eigenvalue weighted by Gasteiger charge is -2.14. The second-order valence-corrected chi connectivity index (χ2v) is 6.41. The minimum Gasteiger partial charge on any atom is -0.329 e. The van der Waals surface area contributed by atoms with Crippen LogP contribution in [0.3, 0.4) is 0 Å². The van der Waals surface area contributed by atoms with Crippen molar-refractivity contribution in [3.8, 4) is 0 Å². The van der Waals surface area contributed by atoms with Crippen molar-refractivity contribution in [2.24, 2.45) is 5.73 Å². The summed E-state index contributed by atoms with van der Waals surface area (Å²) in [5, 5.41) is 8.10. The predicted molar refractivity (Wildman–Crippen MR) is 80.2 cm³/mol. The van der Waals surface area contributed by atoms with Gasteiger partial charge in [-0.05, 0) is 30.5 Å². The molecule has 1 heterocycles. The standard InChI is InChI=1S/C13H15ClN4OS/c14-9-3-1-8(2-4-9)11(7-15)20-13-17-16-12(19)18(13)10-5-6-10/h1-4,10-11H,5-7,15H2,(H,16,19). The first-order chi connectivity index (χ1) is 9.69. The maximum absolute atomic E-state index is 11.8. The number of aromatic nitrogens is 3. The zero-order chi connectivity index (χ0) is 14.1. The van der Waals surface area contributed by atoms with Gasteiger partial charge < -0.3 is 5.73 Å². The van der Waals surface area contributed by atoms with E-state index in [1.165, 1.54) is 11.8 Å². The van der Waals surface area contributed by atoms with E-state index in [1.54, 1.807) is 4.57 Å². The molecule has 5 nitrogen and oxygen atoms in total. The molecular formula is C13H15ClN4OS. The number of rotatable bonds is 5. The molecule has 0 saturated heterocycles. The van der Waals surface area contributed by atoms with E-state index in [0.717, 1.165) is 18.4 Å². The maximum atomic E-state index is 11.8. The van der Waals surface area contributed by atoms with Gasteiger partial charge in [0.15, 0.2) is 5.16 Å².